The zero-order chi connectivity index (χ0) is 13.9. The summed E-state index contributed by atoms with van der Waals surface area (Å²) in [6, 6.07) is 4.53. The second-order valence-corrected chi connectivity index (χ2v) is 4.75. The van der Waals surface area contributed by atoms with E-state index in [0.717, 1.165) is 0 Å². The standard InChI is InChI=1S/C12H15ClN2O2S/c1-7(11(14)18)15(2)12(16)9-6-8(13)4-5-10(9)17-3/h4-7H,1-3H3,(H2,14,18). The van der Waals surface area contributed by atoms with Gasteiger partial charge in [0.1, 0.15) is 5.75 Å². The van der Waals surface area contributed by atoms with Crippen LogP contribution in [-0.4, -0.2) is 36.0 Å². The zero-order valence-corrected chi connectivity index (χ0v) is 12.0. The molecule has 1 rings (SSSR count). The number of likely N-dealkylation sites (N-methyl/N-ethyl adjacent to an activating group) is 1. The fraction of sp³-hybridized carbons (Fsp3) is 0.333. The van der Waals surface area contributed by atoms with E-state index >= 15 is 0 Å². The van der Waals surface area contributed by atoms with E-state index in [2.05, 4.69) is 0 Å². The molecule has 0 aliphatic rings. The Kier molecular flexibility index (Phi) is 4.93. The summed E-state index contributed by atoms with van der Waals surface area (Å²) in [5.41, 5.74) is 5.92. The molecule has 4 nitrogen and oxygen atoms in total. The fourth-order valence-electron chi connectivity index (χ4n) is 1.40. The summed E-state index contributed by atoms with van der Waals surface area (Å²) in [5, 5.41) is 0.468. The maximum atomic E-state index is 12.3. The predicted molar refractivity (Wildman–Crippen MR) is 76.3 cm³/mol. The van der Waals surface area contributed by atoms with Crippen molar-refractivity contribution in [2.75, 3.05) is 14.2 Å². The Morgan fingerprint density at radius 1 is 1.56 bits per heavy atom. The minimum Gasteiger partial charge on any atom is -0.496 e. The number of hydrogen-bond donors (Lipinski definition) is 1. The highest BCUT2D eigenvalue weighted by Crippen LogP contribution is 2.24. The number of halogens is 1. The molecule has 0 saturated heterocycles. The van der Waals surface area contributed by atoms with Gasteiger partial charge in [-0.1, -0.05) is 23.8 Å². The number of carbonyl (C=O) groups is 1. The molecule has 1 aromatic rings. The lowest BCUT2D eigenvalue weighted by Gasteiger charge is -2.24. The van der Waals surface area contributed by atoms with E-state index in [9.17, 15) is 4.79 Å². The monoisotopic (exact) mass is 286 g/mol. The SMILES string of the molecule is COc1ccc(Cl)cc1C(=O)N(C)C(C)C(N)=S. The topological polar surface area (TPSA) is 55.6 Å². The van der Waals surface area contributed by atoms with Crippen molar-refractivity contribution in [2.45, 2.75) is 13.0 Å². The summed E-state index contributed by atoms with van der Waals surface area (Å²) in [5.74, 6) is 0.223. The highest BCUT2D eigenvalue weighted by molar-refractivity contribution is 7.80. The van der Waals surface area contributed by atoms with Crippen LogP contribution in [0.15, 0.2) is 18.2 Å². The molecular weight excluding hydrogens is 272 g/mol. The van der Waals surface area contributed by atoms with Gasteiger partial charge >= 0.3 is 0 Å². The van der Waals surface area contributed by atoms with Crippen molar-refractivity contribution in [3.63, 3.8) is 0 Å². The van der Waals surface area contributed by atoms with E-state index < -0.39 is 0 Å². The third-order valence-electron chi connectivity index (χ3n) is 2.70. The van der Waals surface area contributed by atoms with E-state index in [-0.39, 0.29) is 16.9 Å². The van der Waals surface area contributed by atoms with E-state index in [4.69, 9.17) is 34.3 Å². The molecule has 0 fully saturated rings. The number of methoxy groups -OCH3 is 1. The number of nitrogens with two attached hydrogens (primary N) is 1. The van der Waals surface area contributed by atoms with Crippen molar-refractivity contribution in [3.8, 4) is 5.75 Å². The van der Waals surface area contributed by atoms with Crippen LogP contribution in [0.25, 0.3) is 0 Å². The average molecular weight is 287 g/mol. The first-order valence-corrected chi connectivity index (χ1v) is 6.07. The van der Waals surface area contributed by atoms with Crippen molar-refractivity contribution in [1.29, 1.82) is 0 Å². The van der Waals surface area contributed by atoms with Crippen LogP contribution in [0.1, 0.15) is 17.3 Å². The Morgan fingerprint density at radius 2 is 2.17 bits per heavy atom. The Labute approximate surface area is 117 Å². The minimum atomic E-state index is -0.337. The molecule has 1 unspecified atom stereocenters. The summed E-state index contributed by atoms with van der Waals surface area (Å²) in [7, 11) is 3.13. The molecule has 0 heterocycles. The van der Waals surface area contributed by atoms with Crippen LogP contribution in [0.3, 0.4) is 0 Å². The van der Waals surface area contributed by atoms with Crippen molar-refractivity contribution in [2.24, 2.45) is 5.73 Å². The molecule has 0 spiro atoms. The molecule has 0 bridgehead atoms. The van der Waals surface area contributed by atoms with Gasteiger partial charge < -0.3 is 15.4 Å². The van der Waals surface area contributed by atoms with Crippen LogP contribution in [-0.2, 0) is 0 Å². The first kappa shape index (κ1) is 14.7. The molecule has 6 heteroatoms. The lowest BCUT2D eigenvalue weighted by atomic mass is 10.1. The van der Waals surface area contributed by atoms with E-state index in [0.29, 0.717) is 16.3 Å². The Bertz CT molecular complexity index is 479. The smallest absolute Gasteiger partial charge is 0.257 e. The van der Waals surface area contributed by atoms with Gasteiger partial charge in [0.2, 0.25) is 0 Å². The summed E-state index contributed by atoms with van der Waals surface area (Å²) >= 11 is 10.8. The van der Waals surface area contributed by atoms with Gasteiger partial charge in [-0.05, 0) is 25.1 Å². The lowest BCUT2D eigenvalue weighted by molar-refractivity contribution is 0.0775. The van der Waals surface area contributed by atoms with Gasteiger partial charge in [0.25, 0.3) is 5.91 Å². The number of carbonyl (C=O) groups excluding carboxylic acids is 1. The normalized spacial score (nSPS) is 11.8. The van der Waals surface area contributed by atoms with Gasteiger partial charge in [-0.2, -0.15) is 0 Å². The van der Waals surface area contributed by atoms with Crippen molar-refractivity contribution in [3.05, 3.63) is 28.8 Å². The van der Waals surface area contributed by atoms with Gasteiger partial charge in [0.15, 0.2) is 0 Å². The number of nitrogens with zero attached hydrogens (tertiary/aromatic N) is 1. The molecule has 1 aromatic carbocycles. The quantitative estimate of drug-likeness (QED) is 0.861. The predicted octanol–water partition coefficient (Wildman–Crippen LogP) is 2.10. The Balaban J connectivity index is 3.10. The van der Waals surface area contributed by atoms with Crippen LogP contribution in [0.4, 0.5) is 0 Å². The summed E-state index contributed by atoms with van der Waals surface area (Å²) < 4.78 is 5.14. The van der Waals surface area contributed by atoms with Gasteiger partial charge in [-0.3, -0.25) is 4.79 Å². The molecule has 0 aliphatic carbocycles. The van der Waals surface area contributed by atoms with Crippen molar-refractivity contribution < 1.29 is 9.53 Å². The first-order valence-electron chi connectivity index (χ1n) is 5.28. The van der Waals surface area contributed by atoms with Crippen LogP contribution in [0, 0.1) is 0 Å². The molecule has 18 heavy (non-hydrogen) atoms. The van der Waals surface area contributed by atoms with Crippen molar-refractivity contribution in [1.82, 2.24) is 4.90 Å². The Morgan fingerprint density at radius 3 is 2.67 bits per heavy atom. The third kappa shape index (κ3) is 3.11. The summed E-state index contributed by atoms with van der Waals surface area (Å²) in [6.45, 7) is 1.76. The number of hydrogen-bond acceptors (Lipinski definition) is 3. The second-order valence-electron chi connectivity index (χ2n) is 3.84. The van der Waals surface area contributed by atoms with E-state index in [1.165, 1.54) is 12.0 Å². The lowest BCUT2D eigenvalue weighted by Crippen LogP contribution is -2.42. The second kappa shape index (κ2) is 6.02. The largest absolute Gasteiger partial charge is 0.496 e. The van der Waals surface area contributed by atoms with Gasteiger partial charge in [0, 0.05) is 12.1 Å². The van der Waals surface area contributed by atoms with Crippen LogP contribution in [0.2, 0.25) is 5.02 Å². The van der Waals surface area contributed by atoms with Crippen LogP contribution in [0.5, 0.6) is 5.75 Å². The van der Waals surface area contributed by atoms with Crippen LogP contribution >= 0.6 is 23.8 Å². The summed E-state index contributed by atoms with van der Waals surface area (Å²) in [6.07, 6.45) is 0. The van der Waals surface area contributed by atoms with Gasteiger partial charge in [0.05, 0.1) is 23.7 Å². The summed E-state index contributed by atoms with van der Waals surface area (Å²) in [4.78, 5) is 14.0. The number of ether oxygens (including phenoxy) is 1. The number of amides is 1. The minimum absolute atomic E-state index is 0.241. The zero-order valence-electron chi connectivity index (χ0n) is 10.4. The molecule has 0 saturated carbocycles. The highest BCUT2D eigenvalue weighted by atomic mass is 35.5. The van der Waals surface area contributed by atoms with Crippen LogP contribution < -0.4 is 10.5 Å². The van der Waals surface area contributed by atoms with E-state index in [1.807, 2.05) is 0 Å². The Hall–Kier alpha value is -1.33. The molecule has 98 valence electrons. The molecule has 2 N–H and O–H groups in total. The molecule has 1 amide bonds. The molecule has 0 aliphatic heterocycles. The molecule has 0 aromatic heterocycles. The fourth-order valence-corrected chi connectivity index (χ4v) is 1.73. The maximum absolute atomic E-state index is 12.3. The van der Waals surface area contributed by atoms with E-state index in [1.54, 1.807) is 32.2 Å². The number of benzene rings is 1. The maximum Gasteiger partial charge on any atom is 0.257 e. The molecular formula is C12H15ClN2O2S. The van der Waals surface area contributed by atoms with Gasteiger partial charge in [-0.15, -0.1) is 0 Å². The van der Waals surface area contributed by atoms with Gasteiger partial charge in [-0.25, -0.2) is 0 Å². The highest BCUT2D eigenvalue weighted by Gasteiger charge is 2.22. The first-order chi connectivity index (χ1) is 8.38. The molecule has 1 atom stereocenters. The third-order valence-corrected chi connectivity index (χ3v) is 3.28. The number of thiocarbonyl (C=S) groups is 1. The molecule has 0 radical (unpaired) electrons. The average Bonchev–Trinajstić information content (AvgIpc) is 2.35. The number of rotatable bonds is 4. The van der Waals surface area contributed by atoms with Crippen molar-refractivity contribution >= 4 is 34.7 Å².